The van der Waals surface area contributed by atoms with Crippen LogP contribution >= 0.6 is 0 Å². The second-order valence-electron chi connectivity index (χ2n) is 3.75. The minimum Gasteiger partial charge on any atom is -0.496 e. The molecule has 2 aromatic carbocycles. The molecule has 0 saturated carbocycles. The summed E-state index contributed by atoms with van der Waals surface area (Å²) in [6.45, 7) is 3.63. The molecule has 1 N–H and O–H groups in total. The molecule has 0 unspecified atom stereocenters. The maximum atomic E-state index is 11.3. The normalized spacial score (nSPS) is 11.4. The zero-order chi connectivity index (χ0) is 13.3. The van der Waals surface area contributed by atoms with E-state index in [-0.39, 0.29) is 4.90 Å². The van der Waals surface area contributed by atoms with E-state index in [2.05, 4.69) is 6.58 Å². The van der Waals surface area contributed by atoms with Crippen molar-refractivity contribution in [3.63, 3.8) is 0 Å². The molecule has 4 nitrogen and oxygen atoms in total. The Bertz CT molecular complexity index is 717. The standard InChI is InChI=1S/C13H12O4S/c1-3-9-4-5-10-11(8-9)13(18(14,15)16)7-6-12(10)17-2/h3-8H,1H2,2H3,(H,14,15,16). The van der Waals surface area contributed by atoms with Crippen molar-refractivity contribution >= 4 is 27.0 Å². The summed E-state index contributed by atoms with van der Waals surface area (Å²) in [5, 5.41) is 1.03. The number of ether oxygens (including phenoxy) is 1. The van der Waals surface area contributed by atoms with Gasteiger partial charge in [-0.1, -0.05) is 24.8 Å². The molecular formula is C13H12O4S. The van der Waals surface area contributed by atoms with Gasteiger partial charge in [-0.05, 0) is 23.8 Å². The fourth-order valence-electron chi connectivity index (χ4n) is 1.84. The third kappa shape index (κ3) is 2.10. The number of benzene rings is 2. The Kier molecular flexibility index (Phi) is 3.11. The van der Waals surface area contributed by atoms with Crippen LogP contribution in [0.4, 0.5) is 0 Å². The molecule has 94 valence electrons. The van der Waals surface area contributed by atoms with Crippen LogP contribution in [0.1, 0.15) is 5.56 Å². The van der Waals surface area contributed by atoms with E-state index >= 15 is 0 Å². The van der Waals surface area contributed by atoms with Crippen molar-refractivity contribution in [2.75, 3.05) is 7.11 Å². The lowest BCUT2D eigenvalue weighted by atomic mass is 10.1. The maximum absolute atomic E-state index is 11.3. The first-order valence-electron chi connectivity index (χ1n) is 5.18. The van der Waals surface area contributed by atoms with Gasteiger partial charge < -0.3 is 4.74 Å². The summed E-state index contributed by atoms with van der Waals surface area (Å²) in [5.74, 6) is 0.549. The summed E-state index contributed by atoms with van der Waals surface area (Å²) < 4.78 is 37.1. The van der Waals surface area contributed by atoms with E-state index in [0.717, 1.165) is 5.56 Å². The molecule has 2 aromatic rings. The molecule has 0 heterocycles. The molecule has 2 rings (SSSR count). The molecule has 0 fully saturated rings. The van der Waals surface area contributed by atoms with Crippen molar-refractivity contribution in [3.05, 3.63) is 42.5 Å². The van der Waals surface area contributed by atoms with Gasteiger partial charge in [0.25, 0.3) is 10.1 Å². The van der Waals surface area contributed by atoms with Crippen molar-refractivity contribution in [2.45, 2.75) is 4.90 Å². The third-order valence-corrected chi connectivity index (χ3v) is 3.61. The van der Waals surface area contributed by atoms with Gasteiger partial charge in [-0.3, -0.25) is 4.55 Å². The lowest BCUT2D eigenvalue weighted by Crippen LogP contribution is -2.00. The Morgan fingerprint density at radius 1 is 1.22 bits per heavy atom. The Morgan fingerprint density at radius 2 is 1.94 bits per heavy atom. The minimum absolute atomic E-state index is 0.137. The lowest BCUT2D eigenvalue weighted by molar-refractivity contribution is 0.419. The highest BCUT2D eigenvalue weighted by Gasteiger charge is 2.16. The lowest BCUT2D eigenvalue weighted by Gasteiger charge is -2.09. The Hall–Kier alpha value is -1.85. The summed E-state index contributed by atoms with van der Waals surface area (Å²) in [5.41, 5.74) is 0.764. The molecule has 0 aliphatic rings. The summed E-state index contributed by atoms with van der Waals surface area (Å²) in [4.78, 5) is -0.137. The highest BCUT2D eigenvalue weighted by molar-refractivity contribution is 7.86. The van der Waals surface area contributed by atoms with Crippen LogP contribution in [0.15, 0.2) is 41.8 Å². The van der Waals surface area contributed by atoms with Gasteiger partial charge in [0, 0.05) is 10.8 Å². The third-order valence-electron chi connectivity index (χ3n) is 2.69. The molecule has 0 bridgehead atoms. The number of hydrogen-bond acceptors (Lipinski definition) is 3. The van der Waals surface area contributed by atoms with E-state index in [1.165, 1.54) is 19.2 Å². The Labute approximate surface area is 105 Å². The van der Waals surface area contributed by atoms with Crippen LogP contribution < -0.4 is 4.74 Å². The van der Waals surface area contributed by atoms with E-state index in [0.29, 0.717) is 16.5 Å². The predicted molar refractivity (Wildman–Crippen MR) is 70.4 cm³/mol. The van der Waals surface area contributed by atoms with Gasteiger partial charge >= 0.3 is 0 Å². The zero-order valence-electron chi connectivity index (χ0n) is 9.75. The summed E-state index contributed by atoms with van der Waals surface area (Å²) in [6, 6.07) is 8.02. The topological polar surface area (TPSA) is 63.6 Å². The number of fused-ring (bicyclic) bond motifs is 1. The summed E-state index contributed by atoms with van der Waals surface area (Å²) in [6.07, 6.45) is 1.60. The molecule has 0 spiro atoms. The van der Waals surface area contributed by atoms with Gasteiger partial charge in [-0.2, -0.15) is 8.42 Å². The monoisotopic (exact) mass is 264 g/mol. The first-order valence-corrected chi connectivity index (χ1v) is 6.62. The molecule has 5 heteroatoms. The van der Waals surface area contributed by atoms with Crippen molar-refractivity contribution in [1.82, 2.24) is 0 Å². The van der Waals surface area contributed by atoms with Crippen molar-refractivity contribution in [1.29, 1.82) is 0 Å². The van der Waals surface area contributed by atoms with Crippen molar-refractivity contribution < 1.29 is 17.7 Å². The molecule has 0 radical (unpaired) electrons. The minimum atomic E-state index is -4.27. The van der Waals surface area contributed by atoms with Crippen molar-refractivity contribution in [3.8, 4) is 5.75 Å². The number of rotatable bonds is 3. The van der Waals surface area contributed by atoms with Crippen LogP contribution in [0, 0.1) is 0 Å². The van der Waals surface area contributed by atoms with Gasteiger partial charge in [0.2, 0.25) is 0 Å². The second-order valence-corrected chi connectivity index (χ2v) is 5.14. The number of hydrogen-bond donors (Lipinski definition) is 1. The first kappa shape index (κ1) is 12.6. The van der Waals surface area contributed by atoms with Crippen molar-refractivity contribution in [2.24, 2.45) is 0 Å². The van der Waals surface area contributed by atoms with Gasteiger partial charge in [-0.25, -0.2) is 0 Å². The average molecular weight is 264 g/mol. The molecule has 0 aromatic heterocycles. The van der Waals surface area contributed by atoms with Crippen LogP contribution in [0.5, 0.6) is 5.75 Å². The molecule has 0 saturated heterocycles. The van der Waals surface area contributed by atoms with Gasteiger partial charge in [0.15, 0.2) is 0 Å². The molecule has 0 amide bonds. The molecule has 18 heavy (non-hydrogen) atoms. The molecular weight excluding hydrogens is 252 g/mol. The largest absolute Gasteiger partial charge is 0.496 e. The molecule has 0 atom stereocenters. The van der Waals surface area contributed by atoms with Gasteiger partial charge in [0.1, 0.15) is 10.6 Å². The second kappa shape index (κ2) is 4.44. The van der Waals surface area contributed by atoms with E-state index in [9.17, 15) is 13.0 Å². The van der Waals surface area contributed by atoms with Gasteiger partial charge in [-0.15, -0.1) is 0 Å². The maximum Gasteiger partial charge on any atom is 0.295 e. The Morgan fingerprint density at radius 3 is 2.50 bits per heavy atom. The fraction of sp³-hybridized carbons (Fsp3) is 0.0769. The quantitative estimate of drug-likeness (QED) is 0.866. The smallest absolute Gasteiger partial charge is 0.295 e. The number of methoxy groups -OCH3 is 1. The van der Waals surface area contributed by atoms with Crippen LogP contribution in [0.3, 0.4) is 0 Å². The first-order chi connectivity index (χ1) is 8.47. The van der Waals surface area contributed by atoms with Crippen LogP contribution in [0.2, 0.25) is 0 Å². The average Bonchev–Trinajstić information content (AvgIpc) is 2.35. The SMILES string of the molecule is C=Cc1ccc2c(OC)ccc(S(=O)(=O)O)c2c1. The highest BCUT2D eigenvalue weighted by atomic mass is 32.2. The summed E-state index contributed by atoms with van der Waals surface area (Å²) in [7, 11) is -2.77. The molecule has 0 aliphatic carbocycles. The fourth-order valence-corrected chi connectivity index (χ4v) is 2.53. The zero-order valence-corrected chi connectivity index (χ0v) is 10.6. The van der Waals surface area contributed by atoms with Gasteiger partial charge in [0.05, 0.1) is 7.11 Å². The van der Waals surface area contributed by atoms with Crippen LogP contribution in [0.25, 0.3) is 16.8 Å². The van der Waals surface area contributed by atoms with E-state index < -0.39 is 10.1 Å². The van der Waals surface area contributed by atoms with Crippen LogP contribution in [-0.4, -0.2) is 20.1 Å². The van der Waals surface area contributed by atoms with Crippen LogP contribution in [-0.2, 0) is 10.1 Å². The summed E-state index contributed by atoms with van der Waals surface area (Å²) >= 11 is 0. The predicted octanol–water partition coefficient (Wildman–Crippen LogP) is 2.74. The van der Waals surface area contributed by atoms with E-state index in [1.54, 1.807) is 24.3 Å². The Balaban J connectivity index is 2.93. The van der Waals surface area contributed by atoms with E-state index in [4.69, 9.17) is 4.74 Å². The molecule has 0 aliphatic heterocycles. The highest BCUT2D eigenvalue weighted by Crippen LogP contribution is 2.31. The van der Waals surface area contributed by atoms with E-state index in [1.807, 2.05) is 0 Å².